The molecule has 0 radical (unpaired) electrons. The number of benzene rings is 2. The number of carbonyl (C=O) groups excluding carboxylic acids is 6. The predicted octanol–water partition coefficient (Wildman–Crippen LogP) is 4.92. The molecule has 61 heavy (non-hydrogen) atoms. The number of piperazine rings is 2. The lowest BCUT2D eigenvalue weighted by Gasteiger charge is -2.42. The highest BCUT2D eigenvalue weighted by atomic mass is 16.6. The van der Waals surface area contributed by atoms with Crippen LogP contribution in [-0.2, 0) is 41.5 Å². The third-order valence-electron chi connectivity index (χ3n) is 12.1. The van der Waals surface area contributed by atoms with Gasteiger partial charge in [-0.2, -0.15) is 0 Å². The van der Waals surface area contributed by atoms with Gasteiger partial charge in [0.15, 0.2) is 0 Å². The zero-order valence-corrected chi connectivity index (χ0v) is 35.1. The Kier molecular flexibility index (Phi) is 11.7. The Morgan fingerprint density at radius 3 is 1.85 bits per heavy atom. The van der Waals surface area contributed by atoms with Crippen LogP contribution in [0.1, 0.15) is 62.5 Å². The molecule has 0 saturated carbocycles. The first-order valence-electron chi connectivity index (χ1n) is 21.2. The standard InChI is InChI=1S/C45H52N8O8/c1-5-60-44(58)50-22-20-49(21-23-50)40-39(42(56)48(4)43(40)57)38-30-15-11-13-17-33(30)47-35(38)19-9-7-8-18-34-37(29-14-10-12-16-32(29)46-34)31-26-36(54)53(41(31)55)52-25-24-51(27-28(52)3)45(59)61-6-2/h10-17,26,28,46-47H,5-9,18-25,27H2,1-4H3. The van der Waals surface area contributed by atoms with E-state index in [4.69, 9.17) is 9.47 Å². The molecule has 0 spiro atoms. The zero-order chi connectivity index (χ0) is 42.9. The molecule has 2 aromatic carbocycles. The van der Waals surface area contributed by atoms with E-state index in [1.807, 2.05) is 60.4 Å². The third-order valence-corrected chi connectivity index (χ3v) is 12.1. The van der Waals surface area contributed by atoms with Crippen LogP contribution < -0.4 is 0 Å². The molecule has 2 fully saturated rings. The largest absolute Gasteiger partial charge is 0.450 e. The highest BCUT2D eigenvalue weighted by Crippen LogP contribution is 2.39. The summed E-state index contributed by atoms with van der Waals surface area (Å²) in [5.74, 6) is -1.51. The van der Waals surface area contributed by atoms with Crippen molar-refractivity contribution in [3.8, 4) is 0 Å². The molecule has 2 N–H and O–H groups in total. The number of H-pyrrole nitrogens is 2. The molecular weight excluding hydrogens is 781 g/mol. The molecule has 320 valence electrons. The summed E-state index contributed by atoms with van der Waals surface area (Å²) in [6.07, 6.45) is 4.26. The lowest BCUT2D eigenvalue weighted by Crippen LogP contribution is -2.61. The van der Waals surface area contributed by atoms with E-state index in [-0.39, 0.29) is 43.1 Å². The number of ether oxygens (including phenoxy) is 2. The molecule has 1 unspecified atom stereocenters. The Labute approximate surface area is 353 Å². The summed E-state index contributed by atoms with van der Waals surface area (Å²) in [5, 5.41) is 4.69. The first kappa shape index (κ1) is 41.3. The van der Waals surface area contributed by atoms with Gasteiger partial charge in [0.1, 0.15) is 5.70 Å². The van der Waals surface area contributed by atoms with Crippen molar-refractivity contribution in [2.24, 2.45) is 0 Å². The number of imide groups is 2. The summed E-state index contributed by atoms with van der Waals surface area (Å²) in [7, 11) is 1.51. The predicted molar refractivity (Wildman–Crippen MR) is 227 cm³/mol. The number of hydrazine groups is 1. The molecule has 2 aromatic heterocycles. The number of fused-ring (bicyclic) bond motifs is 2. The van der Waals surface area contributed by atoms with Crippen molar-refractivity contribution in [2.45, 2.75) is 58.9 Å². The topological polar surface area (TPSA) is 172 Å². The second-order valence-electron chi connectivity index (χ2n) is 15.8. The van der Waals surface area contributed by atoms with Crippen molar-refractivity contribution in [3.05, 3.63) is 82.8 Å². The lowest BCUT2D eigenvalue weighted by molar-refractivity contribution is -0.162. The minimum absolute atomic E-state index is 0.269. The monoisotopic (exact) mass is 832 g/mol. The molecule has 0 bridgehead atoms. The van der Waals surface area contributed by atoms with Gasteiger partial charge in [-0.05, 0) is 58.6 Å². The smallest absolute Gasteiger partial charge is 0.409 e. The average molecular weight is 833 g/mol. The number of amides is 6. The summed E-state index contributed by atoms with van der Waals surface area (Å²) >= 11 is 0. The van der Waals surface area contributed by atoms with E-state index in [2.05, 4.69) is 9.97 Å². The van der Waals surface area contributed by atoms with Crippen LogP contribution in [-0.4, -0.2) is 148 Å². The second kappa shape index (κ2) is 17.3. The SMILES string of the molecule is CCOC(=O)N1CCN(C2=C(c3c(CCCCCc4[nH]c5ccccc5c4C4=CC(=O)N(N5CCN(C(=O)OCC)CC5C)C4=O)[nH]c4ccccc34)C(=O)N(C)C2=O)CC1. The third kappa shape index (κ3) is 7.64. The van der Waals surface area contributed by atoms with Gasteiger partial charge in [0.25, 0.3) is 23.6 Å². The molecule has 4 aromatic rings. The van der Waals surface area contributed by atoms with Gasteiger partial charge < -0.3 is 34.1 Å². The fourth-order valence-corrected chi connectivity index (χ4v) is 9.13. The van der Waals surface area contributed by atoms with E-state index in [0.29, 0.717) is 75.5 Å². The minimum Gasteiger partial charge on any atom is -0.450 e. The number of nitrogens with one attached hydrogen (secondary N) is 2. The molecule has 16 nitrogen and oxygen atoms in total. The summed E-state index contributed by atoms with van der Waals surface area (Å²) in [6, 6.07) is 15.3. The number of rotatable bonds is 12. The molecule has 2 saturated heterocycles. The second-order valence-corrected chi connectivity index (χ2v) is 15.8. The Morgan fingerprint density at radius 1 is 0.689 bits per heavy atom. The number of aromatic nitrogens is 2. The minimum atomic E-state index is -0.410. The van der Waals surface area contributed by atoms with Crippen LogP contribution >= 0.6 is 0 Å². The Balaban J connectivity index is 0.986. The molecule has 4 aliphatic heterocycles. The van der Waals surface area contributed by atoms with Crippen LogP contribution in [0.4, 0.5) is 9.59 Å². The number of hydrogen-bond donors (Lipinski definition) is 2. The maximum absolute atomic E-state index is 14.2. The van der Waals surface area contributed by atoms with E-state index < -0.39 is 12.0 Å². The summed E-state index contributed by atoms with van der Waals surface area (Å²) in [5.41, 5.74) is 6.02. The van der Waals surface area contributed by atoms with E-state index in [9.17, 15) is 28.8 Å². The van der Waals surface area contributed by atoms with Crippen molar-refractivity contribution < 1.29 is 38.2 Å². The van der Waals surface area contributed by atoms with Gasteiger partial charge in [-0.3, -0.25) is 24.1 Å². The Bertz CT molecular complexity index is 2470. The highest BCUT2D eigenvalue weighted by molar-refractivity contribution is 6.37. The number of aryl methyl sites for hydroxylation is 2. The number of likely N-dealkylation sites (N-methyl/N-ethyl adjacent to an activating group) is 1. The average Bonchev–Trinajstić information content (AvgIpc) is 3.96. The van der Waals surface area contributed by atoms with Gasteiger partial charge in [0, 0.05) is 109 Å². The van der Waals surface area contributed by atoms with Gasteiger partial charge >= 0.3 is 12.2 Å². The molecule has 8 rings (SSSR count). The zero-order valence-electron chi connectivity index (χ0n) is 35.1. The Hall–Kier alpha value is -6.42. The quantitative estimate of drug-likeness (QED) is 0.148. The molecule has 6 heterocycles. The van der Waals surface area contributed by atoms with Gasteiger partial charge in [-0.15, -0.1) is 0 Å². The van der Waals surface area contributed by atoms with Crippen LogP contribution in [0.2, 0.25) is 0 Å². The normalized spacial score (nSPS) is 19.0. The number of carbonyl (C=O) groups is 6. The number of nitrogens with zero attached hydrogens (tertiary/aromatic N) is 6. The van der Waals surface area contributed by atoms with Crippen LogP contribution in [0.25, 0.3) is 33.0 Å². The summed E-state index contributed by atoms with van der Waals surface area (Å²) in [6.45, 7) is 8.43. The van der Waals surface area contributed by atoms with Crippen LogP contribution in [0.3, 0.4) is 0 Å². The van der Waals surface area contributed by atoms with Crippen molar-refractivity contribution >= 4 is 68.8 Å². The maximum atomic E-state index is 14.2. The molecule has 6 amide bonds. The van der Waals surface area contributed by atoms with E-state index in [0.717, 1.165) is 63.6 Å². The first-order chi connectivity index (χ1) is 29.5. The van der Waals surface area contributed by atoms with Gasteiger partial charge in [-0.25, -0.2) is 19.6 Å². The molecule has 4 aliphatic rings. The van der Waals surface area contributed by atoms with Crippen LogP contribution in [0.5, 0.6) is 0 Å². The summed E-state index contributed by atoms with van der Waals surface area (Å²) < 4.78 is 10.4. The molecular formula is C45H52N8O8. The number of para-hydroxylation sites is 2. The van der Waals surface area contributed by atoms with Gasteiger partial charge in [0.05, 0.1) is 24.4 Å². The molecule has 1 atom stereocenters. The number of aromatic amines is 2. The fourth-order valence-electron chi connectivity index (χ4n) is 9.13. The number of hydrogen-bond acceptors (Lipinski definition) is 10. The van der Waals surface area contributed by atoms with Crippen molar-refractivity contribution in [1.29, 1.82) is 0 Å². The highest BCUT2D eigenvalue weighted by Gasteiger charge is 2.44. The van der Waals surface area contributed by atoms with Gasteiger partial charge in [0.2, 0.25) is 0 Å². The maximum Gasteiger partial charge on any atom is 0.409 e. The molecule has 0 aliphatic carbocycles. The summed E-state index contributed by atoms with van der Waals surface area (Å²) in [4.78, 5) is 93.6. The van der Waals surface area contributed by atoms with Crippen molar-refractivity contribution in [1.82, 2.24) is 39.6 Å². The van der Waals surface area contributed by atoms with E-state index in [1.54, 1.807) is 28.7 Å². The van der Waals surface area contributed by atoms with Crippen LogP contribution in [0, 0.1) is 0 Å². The first-order valence-corrected chi connectivity index (χ1v) is 21.2. The van der Waals surface area contributed by atoms with E-state index in [1.165, 1.54) is 23.0 Å². The van der Waals surface area contributed by atoms with E-state index >= 15 is 0 Å². The van der Waals surface area contributed by atoms with Crippen LogP contribution in [0.15, 0.2) is 60.3 Å². The number of unbranched alkanes of at least 4 members (excludes halogenated alkanes) is 2. The molecule has 16 heteroatoms. The Morgan fingerprint density at radius 2 is 1.25 bits per heavy atom. The fraction of sp³-hybridized carbons (Fsp3) is 0.422. The van der Waals surface area contributed by atoms with Gasteiger partial charge in [-0.1, -0.05) is 42.8 Å². The van der Waals surface area contributed by atoms with Crippen molar-refractivity contribution in [2.75, 3.05) is 66.1 Å². The lowest BCUT2D eigenvalue weighted by atomic mass is 9.96. The van der Waals surface area contributed by atoms with Crippen molar-refractivity contribution in [3.63, 3.8) is 0 Å².